The van der Waals surface area contributed by atoms with Crippen LogP contribution in [0.4, 0.5) is 0 Å². The van der Waals surface area contributed by atoms with E-state index in [-0.39, 0.29) is 0 Å². The Morgan fingerprint density at radius 1 is 1.47 bits per heavy atom. The summed E-state index contributed by atoms with van der Waals surface area (Å²) >= 11 is 5.82. The molecular formula is C10H5ClN4O2. The van der Waals surface area contributed by atoms with Crippen LogP contribution in [0.2, 0.25) is 5.02 Å². The minimum absolute atomic E-state index is 0.437. The molecule has 2 rings (SSSR count). The van der Waals surface area contributed by atoms with E-state index in [4.69, 9.17) is 16.7 Å². The van der Waals surface area contributed by atoms with Gasteiger partial charge in [0.1, 0.15) is 6.33 Å². The van der Waals surface area contributed by atoms with Gasteiger partial charge in [0.2, 0.25) is 0 Å². The second kappa shape index (κ2) is 4.63. The summed E-state index contributed by atoms with van der Waals surface area (Å²) in [6, 6.07) is 4.85. The van der Waals surface area contributed by atoms with Crippen molar-refractivity contribution < 1.29 is 9.90 Å². The molecule has 17 heavy (non-hydrogen) atoms. The van der Waals surface area contributed by atoms with Crippen molar-refractivity contribution in [3.8, 4) is 17.5 Å². The minimum atomic E-state index is -1.22. The highest BCUT2D eigenvalue weighted by molar-refractivity contribution is 6.30. The largest absolute Gasteiger partial charge is 0.472 e. The summed E-state index contributed by atoms with van der Waals surface area (Å²) < 4.78 is 1.38. The maximum absolute atomic E-state index is 10.4. The maximum atomic E-state index is 10.4. The number of aliphatic carboxylic acids is 1. The van der Waals surface area contributed by atoms with Crippen LogP contribution < -0.4 is 0 Å². The molecule has 0 aliphatic heterocycles. The average molecular weight is 249 g/mol. The number of tetrazole rings is 1. The first-order valence-corrected chi connectivity index (χ1v) is 4.82. The van der Waals surface area contributed by atoms with E-state index < -0.39 is 5.97 Å². The van der Waals surface area contributed by atoms with Gasteiger partial charge in [-0.2, -0.15) is 4.68 Å². The molecule has 6 nitrogen and oxygen atoms in total. The third kappa shape index (κ3) is 2.59. The molecule has 0 atom stereocenters. The molecule has 0 unspecified atom stereocenters. The van der Waals surface area contributed by atoms with Crippen molar-refractivity contribution in [2.45, 2.75) is 0 Å². The quantitative estimate of drug-likeness (QED) is 0.754. The summed E-state index contributed by atoms with van der Waals surface area (Å²) in [5, 5.41) is 19.7. The van der Waals surface area contributed by atoms with Crippen LogP contribution in [-0.2, 0) is 4.79 Å². The van der Waals surface area contributed by atoms with E-state index in [1.54, 1.807) is 18.2 Å². The van der Waals surface area contributed by atoms with Crippen molar-refractivity contribution >= 4 is 17.6 Å². The summed E-state index contributed by atoms with van der Waals surface area (Å²) in [5.41, 5.74) is 1.00. The Kier molecular flexibility index (Phi) is 3.03. The van der Waals surface area contributed by atoms with Crippen LogP contribution in [0.5, 0.6) is 0 Å². The number of halogens is 1. The molecule has 7 heteroatoms. The normalized spacial score (nSPS) is 9.47. The monoisotopic (exact) mass is 248 g/mol. The first-order chi connectivity index (χ1) is 8.16. The zero-order valence-electron chi connectivity index (χ0n) is 8.33. The van der Waals surface area contributed by atoms with Crippen LogP contribution in [-0.4, -0.2) is 31.3 Å². The highest BCUT2D eigenvalue weighted by Gasteiger charge is 2.05. The zero-order valence-corrected chi connectivity index (χ0v) is 9.09. The molecule has 1 N–H and O–H groups in total. The second-order valence-corrected chi connectivity index (χ2v) is 3.41. The Balaban J connectivity index is 2.54. The predicted molar refractivity (Wildman–Crippen MR) is 58.7 cm³/mol. The van der Waals surface area contributed by atoms with Gasteiger partial charge in [-0.3, -0.25) is 0 Å². The predicted octanol–water partition coefficient (Wildman–Crippen LogP) is 0.752. The zero-order chi connectivity index (χ0) is 12.3. The SMILES string of the molecule is O=C(O)C#Cc1cc(Cl)ccc1-n1cnnn1. The number of carboxylic acid groups (broad SMARTS) is 1. The van der Waals surface area contributed by atoms with Gasteiger partial charge in [-0.15, -0.1) is 5.10 Å². The molecule has 2 aromatic rings. The van der Waals surface area contributed by atoms with Crippen molar-refractivity contribution in [3.05, 3.63) is 35.1 Å². The van der Waals surface area contributed by atoms with Gasteiger partial charge >= 0.3 is 5.97 Å². The fourth-order valence-electron chi connectivity index (χ4n) is 1.20. The van der Waals surface area contributed by atoms with Crippen molar-refractivity contribution in [1.82, 2.24) is 20.2 Å². The maximum Gasteiger partial charge on any atom is 0.382 e. The number of hydrogen-bond donors (Lipinski definition) is 1. The Morgan fingerprint density at radius 2 is 2.29 bits per heavy atom. The third-order valence-electron chi connectivity index (χ3n) is 1.86. The molecule has 84 valence electrons. The summed E-state index contributed by atoms with van der Waals surface area (Å²) in [5.74, 6) is 3.29. The first kappa shape index (κ1) is 11.1. The van der Waals surface area contributed by atoms with Crippen LogP contribution in [0, 0.1) is 11.8 Å². The van der Waals surface area contributed by atoms with Gasteiger partial charge in [-0.1, -0.05) is 17.5 Å². The first-order valence-electron chi connectivity index (χ1n) is 4.44. The van der Waals surface area contributed by atoms with Crippen LogP contribution in [0.1, 0.15) is 5.56 Å². The lowest BCUT2D eigenvalue weighted by atomic mass is 10.2. The fraction of sp³-hybridized carbons (Fsp3) is 0. The smallest absolute Gasteiger partial charge is 0.382 e. The summed E-state index contributed by atoms with van der Waals surface area (Å²) in [6.45, 7) is 0. The molecule has 0 spiro atoms. The number of carbonyl (C=O) groups is 1. The van der Waals surface area contributed by atoms with Crippen LogP contribution >= 0.6 is 11.6 Å². The molecule has 1 heterocycles. The molecule has 0 amide bonds. The van der Waals surface area contributed by atoms with E-state index in [2.05, 4.69) is 21.4 Å². The number of hydrogen-bond acceptors (Lipinski definition) is 4. The van der Waals surface area contributed by atoms with Crippen molar-refractivity contribution in [3.63, 3.8) is 0 Å². The van der Waals surface area contributed by atoms with E-state index in [0.717, 1.165) is 0 Å². The lowest BCUT2D eigenvalue weighted by molar-refractivity contribution is -0.130. The average Bonchev–Trinajstić information content (AvgIpc) is 2.80. The lowest BCUT2D eigenvalue weighted by Gasteiger charge is -2.02. The van der Waals surface area contributed by atoms with Gasteiger partial charge in [-0.05, 0) is 28.6 Å². The number of nitrogens with zero attached hydrogens (tertiary/aromatic N) is 4. The van der Waals surface area contributed by atoms with Gasteiger partial charge in [0.25, 0.3) is 0 Å². The molecule has 0 fully saturated rings. The van der Waals surface area contributed by atoms with Gasteiger partial charge in [0, 0.05) is 10.9 Å². The molecule has 0 bridgehead atoms. The van der Waals surface area contributed by atoms with Crippen molar-refractivity contribution in [1.29, 1.82) is 0 Å². The van der Waals surface area contributed by atoms with E-state index in [1.165, 1.54) is 11.0 Å². The summed E-state index contributed by atoms with van der Waals surface area (Å²) in [4.78, 5) is 10.4. The van der Waals surface area contributed by atoms with E-state index >= 15 is 0 Å². The van der Waals surface area contributed by atoms with E-state index in [1.807, 2.05) is 5.92 Å². The summed E-state index contributed by atoms with van der Waals surface area (Å²) in [6.07, 6.45) is 1.38. The van der Waals surface area contributed by atoms with E-state index in [0.29, 0.717) is 16.3 Å². The molecule has 1 aromatic heterocycles. The second-order valence-electron chi connectivity index (χ2n) is 2.97. The Hall–Kier alpha value is -2.39. The van der Waals surface area contributed by atoms with Gasteiger partial charge < -0.3 is 5.11 Å². The molecule has 0 saturated heterocycles. The Bertz CT molecular complexity index is 613. The third-order valence-corrected chi connectivity index (χ3v) is 2.09. The molecule has 0 saturated carbocycles. The minimum Gasteiger partial charge on any atom is -0.472 e. The Morgan fingerprint density at radius 3 is 2.94 bits per heavy atom. The van der Waals surface area contributed by atoms with Crippen LogP contribution in [0.25, 0.3) is 5.69 Å². The highest BCUT2D eigenvalue weighted by atomic mass is 35.5. The molecule has 0 aliphatic carbocycles. The molecule has 0 radical (unpaired) electrons. The van der Waals surface area contributed by atoms with E-state index in [9.17, 15) is 4.79 Å². The van der Waals surface area contributed by atoms with Crippen LogP contribution in [0.3, 0.4) is 0 Å². The number of rotatable bonds is 1. The topological polar surface area (TPSA) is 80.9 Å². The van der Waals surface area contributed by atoms with Gasteiger partial charge in [0.05, 0.1) is 11.3 Å². The summed E-state index contributed by atoms with van der Waals surface area (Å²) in [7, 11) is 0. The standard InChI is InChI=1S/C10H5ClN4O2/c11-8-2-3-9(15-6-12-13-14-15)7(5-8)1-4-10(16)17/h2-3,5-6H,(H,16,17). The van der Waals surface area contributed by atoms with Crippen molar-refractivity contribution in [2.75, 3.05) is 0 Å². The van der Waals surface area contributed by atoms with Crippen molar-refractivity contribution in [2.24, 2.45) is 0 Å². The number of benzene rings is 1. The fourth-order valence-corrected chi connectivity index (χ4v) is 1.37. The number of carboxylic acids is 1. The lowest BCUT2D eigenvalue weighted by Crippen LogP contribution is -1.99. The Labute approximate surface area is 101 Å². The molecule has 1 aromatic carbocycles. The van der Waals surface area contributed by atoms with Gasteiger partial charge in [-0.25, -0.2) is 4.79 Å². The van der Waals surface area contributed by atoms with Crippen LogP contribution in [0.15, 0.2) is 24.5 Å². The molecular weight excluding hydrogens is 244 g/mol. The highest BCUT2D eigenvalue weighted by Crippen LogP contribution is 2.17. The molecule has 0 aliphatic rings. The van der Waals surface area contributed by atoms with Gasteiger partial charge in [0.15, 0.2) is 0 Å². The number of aromatic nitrogens is 4.